The fourth-order valence-electron chi connectivity index (χ4n) is 3.52. The molecule has 0 radical (unpaired) electrons. The number of ether oxygens (including phenoxy) is 2. The summed E-state index contributed by atoms with van der Waals surface area (Å²) < 4.78 is 38.7. The number of nitrogens with one attached hydrogen (secondary N) is 1. The second-order valence-electron chi connectivity index (χ2n) is 7.18. The van der Waals surface area contributed by atoms with Gasteiger partial charge in [-0.2, -0.15) is 0 Å². The van der Waals surface area contributed by atoms with Gasteiger partial charge in [-0.1, -0.05) is 29.8 Å². The topological polar surface area (TPSA) is 84.9 Å². The van der Waals surface area contributed by atoms with Gasteiger partial charge >= 0.3 is 0 Å². The van der Waals surface area contributed by atoms with Crippen LogP contribution in [0.4, 0.5) is 5.69 Å². The first-order valence-electron chi connectivity index (χ1n) is 9.65. The van der Waals surface area contributed by atoms with E-state index in [1.165, 1.54) is 21.8 Å². The Balaban J connectivity index is 1.43. The molecule has 32 heavy (non-hydrogen) atoms. The van der Waals surface area contributed by atoms with Gasteiger partial charge in [0.1, 0.15) is 4.88 Å². The van der Waals surface area contributed by atoms with Gasteiger partial charge in [0.05, 0.1) is 12.2 Å². The molecule has 1 aromatic heterocycles. The van der Waals surface area contributed by atoms with Gasteiger partial charge in [0.25, 0.3) is 10.0 Å². The van der Waals surface area contributed by atoms with E-state index in [2.05, 4.69) is 5.32 Å². The number of ketones is 1. The number of hydrogen-bond donors (Lipinski definition) is 1. The maximum Gasteiger partial charge on any atom is 0.270 e. The Morgan fingerprint density at radius 3 is 2.62 bits per heavy atom. The number of hydrogen-bond acceptors (Lipinski definition) is 7. The lowest BCUT2D eigenvalue weighted by atomic mass is 10.2. The predicted molar refractivity (Wildman–Crippen MR) is 123 cm³/mol. The monoisotopic (exact) mass is 488 g/mol. The highest BCUT2D eigenvalue weighted by molar-refractivity contribution is 7.97. The SMILES string of the molecule is O=C1/C(=C/NCc2ccc3c(c2)OCO3)S(=O)(=O)N(Cc2ccc(Cl)cc2)c2ccsc21. The van der Waals surface area contributed by atoms with Crippen molar-refractivity contribution in [1.29, 1.82) is 0 Å². The number of carbonyl (C=O) groups is 1. The summed E-state index contributed by atoms with van der Waals surface area (Å²) in [4.78, 5) is 13.1. The summed E-state index contributed by atoms with van der Waals surface area (Å²) in [6.07, 6.45) is 1.28. The van der Waals surface area contributed by atoms with Gasteiger partial charge in [-0.25, -0.2) is 8.42 Å². The van der Waals surface area contributed by atoms with Crippen molar-refractivity contribution < 1.29 is 22.7 Å². The fourth-order valence-corrected chi connectivity index (χ4v) is 6.16. The Hall–Kier alpha value is -3.01. The zero-order valence-corrected chi connectivity index (χ0v) is 19.0. The number of rotatable bonds is 5. The van der Waals surface area contributed by atoms with Gasteiger partial charge in [-0.3, -0.25) is 9.10 Å². The van der Waals surface area contributed by atoms with Gasteiger partial charge < -0.3 is 14.8 Å². The molecule has 0 saturated carbocycles. The van der Waals surface area contributed by atoms with E-state index in [-0.39, 0.29) is 18.2 Å². The van der Waals surface area contributed by atoms with E-state index >= 15 is 0 Å². The molecular formula is C22H17ClN2O5S2. The van der Waals surface area contributed by atoms with Crippen LogP contribution < -0.4 is 19.1 Å². The molecule has 10 heteroatoms. The number of nitrogens with zero attached hydrogens (tertiary/aromatic N) is 1. The van der Waals surface area contributed by atoms with Crippen molar-refractivity contribution in [3.8, 4) is 11.5 Å². The third kappa shape index (κ3) is 3.72. The van der Waals surface area contributed by atoms with Crippen LogP contribution >= 0.6 is 22.9 Å². The normalized spacial score (nSPS) is 17.5. The Bertz CT molecular complexity index is 1330. The molecule has 3 heterocycles. The van der Waals surface area contributed by atoms with Gasteiger partial charge in [-0.15, -0.1) is 11.3 Å². The molecule has 1 N–H and O–H groups in total. The summed E-state index contributed by atoms with van der Waals surface area (Å²) in [7, 11) is -4.06. The molecule has 2 aliphatic rings. The number of fused-ring (bicyclic) bond motifs is 2. The highest BCUT2D eigenvalue weighted by Crippen LogP contribution is 2.39. The molecule has 0 saturated heterocycles. The Morgan fingerprint density at radius 2 is 1.81 bits per heavy atom. The molecule has 0 atom stereocenters. The van der Waals surface area contributed by atoms with E-state index in [4.69, 9.17) is 21.1 Å². The molecule has 5 rings (SSSR count). The first kappa shape index (κ1) is 20.9. The molecule has 2 aliphatic heterocycles. The summed E-state index contributed by atoms with van der Waals surface area (Å²) in [5, 5.41) is 5.25. The molecule has 0 aliphatic carbocycles. The van der Waals surface area contributed by atoms with Crippen molar-refractivity contribution in [3.63, 3.8) is 0 Å². The zero-order chi connectivity index (χ0) is 22.3. The van der Waals surface area contributed by atoms with E-state index in [0.717, 1.165) is 11.1 Å². The van der Waals surface area contributed by atoms with Gasteiger partial charge in [0.2, 0.25) is 12.6 Å². The second-order valence-corrected chi connectivity index (χ2v) is 10.4. The smallest absolute Gasteiger partial charge is 0.270 e. The summed E-state index contributed by atoms with van der Waals surface area (Å²) >= 11 is 7.17. The van der Waals surface area contributed by atoms with Crippen LogP contribution in [-0.4, -0.2) is 21.0 Å². The molecule has 3 aromatic rings. The highest BCUT2D eigenvalue weighted by Gasteiger charge is 2.41. The first-order valence-corrected chi connectivity index (χ1v) is 12.3. The lowest BCUT2D eigenvalue weighted by Gasteiger charge is -2.29. The van der Waals surface area contributed by atoms with Crippen LogP contribution in [0.2, 0.25) is 5.02 Å². The average Bonchev–Trinajstić information content (AvgIpc) is 3.44. The molecular weight excluding hydrogens is 472 g/mol. The van der Waals surface area contributed by atoms with Crippen LogP contribution in [0, 0.1) is 0 Å². The van der Waals surface area contributed by atoms with Crippen LogP contribution in [-0.2, 0) is 23.1 Å². The number of Topliss-reactive ketones (excluding diaryl/α,β-unsaturated/α-hetero) is 1. The van der Waals surface area contributed by atoms with Crippen molar-refractivity contribution in [1.82, 2.24) is 5.32 Å². The van der Waals surface area contributed by atoms with Crippen molar-refractivity contribution in [2.45, 2.75) is 13.1 Å². The van der Waals surface area contributed by atoms with Crippen LogP contribution in [0.15, 0.2) is 65.0 Å². The fraction of sp³-hybridized carbons (Fsp3) is 0.136. The van der Waals surface area contributed by atoms with Gasteiger partial charge in [-0.05, 0) is 46.8 Å². The van der Waals surface area contributed by atoms with Crippen molar-refractivity contribution in [2.75, 3.05) is 11.1 Å². The first-order chi connectivity index (χ1) is 15.4. The average molecular weight is 489 g/mol. The Morgan fingerprint density at radius 1 is 1.06 bits per heavy atom. The lowest BCUT2D eigenvalue weighted by Crippen LogP contribution is -2.38. The second kappa shape index (κ2) is 8.16. The summed E-state index contributed by atoms with van der Waals surface area (Å²) in [5.74, 6) is 0.788. The molecule has 0 spiro atoms. The summed E-state index contributed by atoms with van der Waals surface area (Å²) in [6.45, 7) is 0.586. The quantitative estimate of drug-likeness (QED) is 0.539. The Labute approximate surface area is 193 Å². The summed E-state index contributed by atoms with van der Waals surface area (Å²) in [5.41, 5.74) is 2.02. The zero-order valence-electron chi connectivity index (χ0n) is 16.6. The third-order valence-electron chi connectivity index (χ3n) is 5.13. The lowest BCUT2D eigenvalue weighted by molar-refractivity contribution is 0.104. The van der Waals surface area contributed by atoms with E-state index < -0.39 is 15.8 Å². The minimum atomic E-state index is -4.06. The van der Waals surface area contributed by atoms with Gasteiger partial charge in [0.15, 0.2) is 16.4 Å². The number of anilines is 1. The number of sulfonamides is 1. The largest absolute Gasteiger partial charge is 0.454 e. The number of thiophene rings is 1. The van der Waals surface area contributed by atoms with Crippen LogP contribution in [0.1, 0.15) is 20.8 Å². The predicted octanol–water partition coefficient (Wildman–Crippen LogP) is 4.29. The molecule has 0 unspecified atom stereocenters. The number of carbonyl (C=O) groups excluding carboxylic acids is 1. The highest BCUT2D eigenvalue weighted by atomic mass is 35.5. The molecule has 0 fully saturated rings. The number of halogens is 1. The van der Waals surface area contributed by atoms with E-state index in [1.54, 1.807) is 41.8 Å². The van der Waals surface area contributed by atoms with Crippen molar-refractivity contribution >= 4 is 44.4 Å². The standard InChI is InChI=1S/C22H17ClN2O5S2/c23-16-4-1-14(2-5-16)12-25-17-7-8-31-22(17)21(26)20(32(25,27)28)11-24-10-15-3-6-18-19(9-15)30-13-29-18/h1-9,11,24H,10,12-13H2/b20-11-. The summed E-state index contributed by atoms with van der Waals surface area (Å²) in [6, 6.07) is 14.1. The maximum absolute atomic E-state index is 13.4. The van der Waals surface area contributed by atoms with Crippen LogP contribution in [0.25, 0.3) is 0 Å². The minimum Gasteiger partial charge on any atom is -0.454 e. The molecule has 0 amide bonds. The van der Waals surface area contributed by atoms with E-state index in [0.29, 0.717) is 33.6 Å². The maximum atomic E-state index is 13.4. The van der Waals surface area contributed by atoms with Gasteiger partial charge in [0, 0.05) is 17.8 Å². The minimum absolute atomic E-state index is 0.0933. The molecule has 0 bridgehead atoms. The number of benzene rings is 2. The van der Waals surface area contributed by atoms with Crippen molar-refractivity contribution in [2.24, 2.45) is 0 Å². The van der Waals surface area contributed by atoms with E-state index in [9.17, 15) is 13.2 Å². The van der Waals surface area contributed by atoms with E-state index in [1.807, 2.05) is 12.1 Å². The van der Waals surface area contributed by atoms with Crippen LogP contribution in [0.3, 0.4) is 0 Å². The van der Waals surface area contributed by atoms with Crippen LogP contribution in [0.5, 0.6) is 11.5 Å². The number of allylic oxidation sites excluding steroid dienone is 1. The van der Waals surface area contributed by atoms with Crippen molar-refractivity contribution in [3.05, 3.63) is 86.0 Å². The molecule has 7 nitrogen and oxygen atoms in total. The molecule has 164 valence electrons. The Kier molecular flexibility index (Phi) is 5.32. The third-order valence-corrected chi connectivity index (χ3v) is 8.05. The molecule has 2 aromatic carbocycles.